The van der Waals surface area contributed by atoms with Gasteiger partial charge in [-0.3, -0.25) is 14.6 Å². The van der Waals surface area contributed by atoms with Gasteiger partial charge in [-0.2, -0.15) is 0 Å². The molecule has 0 aliphatic rings. The highest BCUT2D eigenvalue weighted by atomic mass is 16.6. The summed E-state index contributed by atoms with van der Waals surface area (Å²) >= 11 is 0. The topological polar surface area (TPSA) is 59.5 Å². The van der Waals surface area contributed by atoms with Crippen molar-refractivity contribution in [3.63, 3.8) is 0 Å². The molecule has 0 fully saturated rings. The smallest absolute Gasteiger partial charge is 0.306 e. The summed E-state index contributed by atoms with van der Waals surface area (Å²) in [4.78, 5) is 30.7. The molecule has 0 spiro atoms. The highest BCUT2D eigenvalue weighted by molar-refractivity contribution is 5.98. The number of esters is 1. The summed E-state index contributed by atoms with van der Waals surface area (Å²) in [7, 11) is 1.75. The minimum absolute atomic E-state index is 0.0809. The number of ether oxygens (including phenoxy) is 1. The molecule has 2 aromatic rings. The lowest BCUT2D eigenvalue weighted by Gasteiger charge is -2.21. The summed E-state index contributed by atoms with van der Waals surface area (Å²) < 4.78 is 5.29. The van der Waals surface area contributed by atoms with Crippen molar-refractivity contribution < 1.29 is 14.3 Å². The van der Waals surface area contributed by atoms with Crippen LogP contribution in [0.1, 0.15) is 55.2 Å². The molecule has 0 radical (unpaired) electrons. The lowest BCUT2D eigenvalue weighted by atomic mass is 10.1. The Balaban J connectivity index is 2.03. The van der Waals surface area contributed by atoms with Gasteiger partial charge in [-0.05, 0) is 59.2 Å². The zero-order valence-corrected chi connectivity index (χ0v) is 16.5. The van der Waals surface area contributed by atoms with Crippen molar-refractivity contribution in [3.05, 3.63) is 41.1 Å². The third-order valence-corrected chi connectivity index (χ3v) is 4.03. The molecular weight excluding hydrogens is 328 g/mol. The standard InChI is InChI=1S/C21H28N2O3/c1-14-9-10-18-16(12-14)13-17(15(2)22-18)20(25)23(6)11-7-8-19(24)26-21(3,4)5/h9-10,12-13H,7-8,11H2,1-6H3. The van der Waals surface area contributed by atoms with Crippen molar-refractivity contribution in [2.75, 3.05) is 13.6 Å². The fraction of sp³-hybridized carbons (Fsp3) is 0.476. The predicted octanol–water partition coefficient (Wildman–Crippen LogP) is 4.05. The van der Waals surface area contributed by atoms with Gasteiger partial charge in [0.25, 0.3) is 5.91 Å². The number of aromatic nitrogens is 1. The number of pyridine rings is 1. The predicted molar refractivity (Wildman–Crippen MR) is 103 cm³/mol. The molecule has 0 saturated heterocycles. The summed E-state index contributed by atoms with van der Waals surface area (Å²) in [6.07, 6.45) is 0.860. The van der Waals surface area contributed by atoms with Crippen LogP contribution < -0.4 is 0 Å². The third-order valence-electron chi connectivity index (χ3n) is 4.03. The minimum Gasteiger partial charge on any atom is -0.460 e. The maximum atomic E-state index is 12.8. The summed E-state index contributed by atoms with van der Waals surface area (Å²) in [6, 6.07) is 7.91. The number of fused-ring (bicyclic) bond motifs is 1. The highest BCUT2D eigenvalue weighted by Crippen LogP contribution is 2.19. The van der Waals surface area contributed by atoms with Crippen LogP contribution in [0.5, 0.6) is 0 Å². The lowest BCUT2D eigenvalue weighted by molar-refractivity contribution is -0.154. The van der Waals surface area contributed by atoms with E-state index in [0.717, 1.165) is 16.5 Å². The van der Waals surface area contributed by atoms with E-state index in [1.165, 1.54) is 0 Å². The summed E-state index contributed by atoms with van der Waals surface area (Å²) in [5, 5.41) is 0.959. The maximum Gasteiger partial charge on any atom is 0.306 e. The van der Waals surface area contributed by atoms with Crippen LogP contribution in [-0.2, 0) is 9.53 Å². The van der Waals surface area contributed by atoms with Gasteiger partial charge in [-0.25, -0.2) is 0 Å². The molecule has 1 amide bonds. The van der Waals surface area contributed by atoms with Crippen molar-refractivity contribution in [1.82, 2.24) is 9.88 Å². The van der Waals surface area contributed by atoms with Crippen molar-refractivity contribution in [2.24, 2.45) is 0 Å². The number of carbonyl (C=O) groups is 2. The first-order chi connectivity index (χ1) is 12.1. The number of aryl methyl sites for hydroxylation is 2. The first-order valence-electron chi connectivity index (χ1n) is 8.92. The van der Waals surface area contributed by atoms with E-state index in [0.29, 0.717) is 30.6 Å². The zero-order chi connectivity index (χ0) is 19.5. The molecule has 0 unspecified atom stereocenters. The Hall–Kier alpha value is -2.43. The SMILES string of the molecule is Cc1ccc2nc(C)c(C(=O)N(C)CCCC(=O)OC(C)(C)C)cc2c1. The van der Waals surface area contributed by atoms with E-state index >= 15 is 0 Å². The second kappa shape index (κ2) is 7.85. The summed E-state index contributed by atoms with van der Waals surface area (Å²) in [6.45, 7) is 9.89. The Bertz CT molecular complexity index is 822. The molecule has 5 nitrogen and oxygen atoms in total. The Morgan fingerprint density at radius 3 is 2.50 bits per heavy atom. The fourth-order valence-electron chi connectivity index (χ4n) is 2.77. The number of rotatable bonds is 5. The molecule has 0 aliphatic heterocycles. The van der Waals surface area contributed by atoms with E-state index in [9.17, 15) is 9.59 Å². The fourth-order valence-corrected chi connectivity index (χ4v) is 2.77. The van der Waals surface area contributed by atoms with Crippen LogP contribution in [0.15, 0.2) is 24.3 Å². The van der Waals surface area contributed by atoms with Gasteiger partial charge in [0, 0.05) is 25.4 Å². The molecule has 0 aliphatic carbocycles. The Kier molecular flexibility index (Phi) is 6.01. The van der Waals surface area contributed by atoms with E-state index in [-0.39, 0.29) is 11.9 Å². The first-order valence-corrected chi connectivity index (χ1v) is 8.92. The largest absolute Gasteiger partial charge is 0.460 e. The molecular formula is C21H28N2O3. The van der Waals surface area contributed by atoms with Gasteiger partial charge in [-0.15, -0.1) is 0 Å². The Morgan fingerprint density at radius 1 is 1.15 bits per heavy atom. The number of benzene rings is 1. The second-order valence-electron chi connectivity index (χ2n) is 7.73. The first kappa shape index (κ1) is 19.9. The van der Waals surface area contributed by atoms with E-state index in [1.807, 2.05) is 58.9 Å². The number of hydrogen-bond donors (Lipinski definition) is 0. The van der Waals surface area contributed by atoms with Gasteiger partial charge < -0.3 is 9.64 Å². The molecule has 1 aromatic heterocycles. The van der Waals surface area contributed by atoms with Crippen molar-refractivity contribution in [3.8, 4) is 0 Å². The normalized spacial score (nSPS) is 11.5. The maximum absolute atomic E-state index is 12.8. The molecule has 0 saturated carbocycles. The minimum atomic E-state index is -0.481. The van der Waals surface area contributed by atoms with E-state index in [1.54, 1.807) is 11.9 Å². The monoisotopic (exact) mass is 356 g/mol. The quantitative estimate of drug-likeness (QED) is 0.759. The molecule has 1 aromatic carbocycles. The molecule has 0 bridgehead atoms. The summed E-state index contributed by atoms with van der Waals surface area (Å²) in [5.74, 6) is -0.319. The number of nitrogens with zero attached hydrogens (tertiary/aromatic N) is 2. The van der Waals surface area contributed by atoms with Gasteiger partial charge >= 0.3 is 5.97 Å². The van der Waals surface area contributed by atoms with Crippen LogP contribution in [0.2, 0.25) is 0 Å². The van der Waals surface area contributed by atoms with Gasteiger partial charge in [0.05, 0.1) is 16.8 Å². The van der Waals surface area contributed by atoms with Crippen LogP contribution in [0.4, 0.5) is 0 Å². The lowest BCUT2D eigenvalue weighted by Crippen LogP contribution is -2.29. The molecule has 5 heteroatoms. The average Bonchev–Trinajstić information content (AvgIpc) is 2.52. The van der Waals surface area contributed by atoms with Crippen molar-refractivity contribution in [1.29, 1.82) is 0 Å². The third kappa shape index (κ3) is 5.28. The Morgan fingerprint density at radius 2 is 1.85 bits per heavy atom. The number of amides is 1. The van der Waals surface area contributed by atoms with Gasteiger partial charge in [0.15, 0.2) is 0 Å². The second-order valence-corrected chi connectivity index (χ2v) is 7.73. The van der Waals surface area contributed by atoms with Crippen LogP contribution in [-0.4, -0.2) is 41.0 Å². The van der Waals surface area contributed by atoms with Crippen molar-refractivity contribution in [2.45, 2.75) is 53.1 Å². The van der Waals surface area contributed by atoms with Gasteiger partial charge in [0.2, 0.25) is 0 Å². The van der Waals surface area contributed by atoms with E-state index in [4.69, 9.17) is 4.74 Å². The van der Waals surface area contributed by atoms with E-state index in [2.05, 4.69) is 4.98 Å². The van der Waals surface area contributed by atoms with Crippen molar-refractivity contribution >= 4 is 22.8 Å². The van der Waals surface area contributed by atoms with Gasteiger partial charge in [-0.1, -0.05) is 11.6 Å². The molecule has 0 atom stereocenters. The van der Waals surface area contributed by atoms with Crippen LogP contribution in [0.3, 0.4) is 0 Å². The van der Waals surface area contributed by atoms with Gasteiger partial charge in [0.1, 0.15) is 5.60 Å². The van der Waals surface area contributed by atoms with Crippen LogP contribution >= 0.6 is 0 Å². The summed E-state index contributed by atoms with van der Waals surface area (Å²) in [5.41, 5.74) is 2.85. The van der Waals surface area contributed by atoms with Crippen LogP contribution in [0.25, 0.3) is 10.9 Å². The van der Waals surface area contributed by atoms with E-state index < -0.39 is 5.60 Å². The van der Waals surface area contributed by atoms with Crippen LogP contribution in [0, 0.1) is 13.8 Å². The molecule has 1 heterocycles. The highest BCUT2D eigenvalue weighted by Gasteiger charge is 2.18. The number of hydrogen-bond acceptors (Lipinski definition) is 4. The Labute approximate surface area is 155 Å². The zero-order valence-electron chi connectivity index (χ0n) is 16.5. The molecule has 26 heavy (non-hydrogen) atoms. The molecule has 140 valence electrons. The molecule has 2 rings (SSSR count). The number of carbonyl (C=O) groups excluding carboxylic acids is 2. The average molecular weight is 356 g/mol. The molecule has 0 N–H and O–H groups in total.